The zero-order valence-corrected chi connectivity index (χ0v) is 23.2. The number of esters is 1. The molecule has 3 aromatic carbocycles. The number of hydrogen-bond acceptors (Lipinski definition) is 7. The number of hydrazone groups is 1. The molecule has 210 valence electrons. The molecule has 2 N–H and O–H groups in total. The number of nitrogens with zero attached hydrogens (tertiary/aromatic N) is 1. The van der Waals surface area contributed by atoms with Gasteiger partial charge in [0, 0.05) is 10.4 Å². The van der Waals surface area contributed by atoms with Crippen LogP contribution in [-0.4, -0.2) is 30.6 Å². The van der Waals surface area contributed by atoms with Gasteiger partial charge >= 0.3 is 17.8 Å². The lowest BCUT2D eigenvalue weighted by Crippen LogP contribution is -2.32. The monoisotopic (exact) mass is 573 g/mol. The highest BCUT2D eigenvalue weighted by Crippen LogP contribution is 2.38. The average molecular weight is 574 g/mol. The molecule has 0 radical (unpaired) electrons. The van der Waals surface area contributed by atoms with Crippen molar-refractivity contribution in [3.8, 4) is 5.75 Å². The van der Waals surface area contributed by atoms with Crippen LogP contribution >= 0.6 is 11.3 Å². The van der Waals surface area contributed by atoms with E-state index in [1.165, 1.54) is 29.7 Å². The quantitative estimate of drug-likeness (QED) is 0.121. The van der Waals surface area contributed by atoms with Crippen LogP contribution in [0.1, 0.15) is 51.7 Å². The molecule has 1 heterocycles. The number of amides is 2. The van der Waals surface area contributed by atoms with Crippen LogP contribution in [0.3, 0.4) is 0 Å². The van der Waals surface area contributed by atoms with Gasteiger partial charge in [-0.1, -0.05) is 42.5 Å². The van der Waals surface area contributed by atoms with E-state index in [4.69, 9.17) is 9.47 Å². The first-order chi connectivity index (χ1) is 19.9. The summed E-state index contributed by atoms with van der Waals surface area (Å²) in [5.74, 6) is -2.28. The average Bonchev–Trinajstić information content (AvgIpc) is 3.35. The molecule has 1 aliphatic carbocycles. The van der Waals surface area contributed by atoms with Crippen molar-refractivity contribution < 1.29 is 28.2 Å². The summed E-state index contributed by atoms with van der Waals surface area (Å²) in [4.78, 5) is 39.1. The number of hydrogen-bond donors (Lipinski definition) is 2. The summed E-state index contributed by atoms with van der Waals surface area (Å²) in [6, 6.07) is 17.3. The van der Waals surface area contributed by atoms with Gasteiger partial charge in [0.15, 0.2) is 0 Å². The van der Waals surface area contributed by atoms with E-state index in [0.717, 1.165) is 52.5 Å². The minimum Gasteiger partial charge on any atom is -0.488 e. The van der Waals surface area contributed by atoms with E-state index in [2.05, 4.69) is 15.8 Å². The number of fused-ring (bicyclic) bond motifs is 2. The van der Waals surface area contributed by atoms with Gasteiger partial charge in [0.2, 0.25) is 0 Å². The molecule has 41 heavy (non-hydrogen) atoms. The van der Waals surface area contributed by atoms with Crippen molar-refractivity contribution in [3.63, 3.8) is 0 Å². The van der Waals surface area contributed by atoms with Crippen molar-refractivity contribution in [1.29, 1.82) is 0 Å². The molecule has 0 atom stereocenters. The van der Waals surface area contributed by atoms with Gasteiger partial charge in [-0.3, -0.25) is 9.59 Å². The van der Waals surface area contributed by atoms with Crippen LogP contribution in [0.15, 0.2) is 65.8 Å². The smallest absolute Gasteiger partial charge is 0.341 e. The number of rotatable bonds is 8. The Morgan fingerprint density at radius 1 is 1.00 bits per heavy atom. The number of thiophene rings is 1. The molecular weight excluding hydrogens is 545 g/mol. The maximum Gasteiger partial charge on any atom is 0.341 e. The van der Waals surface area contributed by atoms with E-state index in [1.54, 1.807) is 25.1 Å². The number of carbonyl (C=O) groups is 3. The second-order valence-electron chi connectivity index (χ2n) is 9.40. The molecule has 1 aliphatic rings. The van der Waals surface area contributed by atoms with Crippen molar-refractivity contribution in [3.05, 3.63) is 93.6 Å². The van der Waals surface area contributed by atoms with Gasteiger partial charge in [-0.15, -0.1) is 11.3 Å². The summed E-state index contributed by atoms with van der Waals surface area (Å²) in [5, 5.41) is 8.68. The largest absolute Gasteiger partial charge is 0.488 e. The lowest BCUT2D eigenvalue weighted by atomic mass is 9.95. The summed E-state index contributed by atoms with van der Waals surface area (Å²) in [6.45, 7) is 2.12. The summed E-state index contributed by atoms with van der Waals surface area (Å²) < 4.78 is 24.5. The number of anilines is 1. The third kappa shape index (κ3) is 6.44. The Labute approximate surface area is 240 Å². The lowest BCUT2D eigenvalue weighted by molar-refractivity contribution is -0.136. The predicted octanol–water partition coefficient (Wildman–Crippen LogP) is 5.76. The molecule has 1 aromatic heterocycles. The number of benzene rings is 3. The van der Waals surface area contributed by atoms with Crippen molar-refractivity contribution in [2.24, 2.45) is 5.10 Å². The van der Waals surface area contributed by atoms with E-state index in [0.29, 0.717) is 21.9 Å². The first-order valence-electron chi connectivity index (χ1n) is 13.3. The van der Waals surface area contributed by atoms with Gasteiger partial charge in [0.1, 0.15) is 23.2 Å². The molecule has 0 saturated carbocycles. The number of nitrogens with one attached hydrogen (secondary N) is 2. The Hall–Kier alpha value is -4.57. The fourth-order valence-corrected chi connectivity index (χ4v) is 5.99. The molecule has 0 spiro atoms. The SMILES string of the molecule is CCOC(=O)c1c(NC(=O)C(=O)NN=Cc2c(OCc3ccc(F)cc3)ccc3ccccc23)sc2c1CCCC2. The van der Waals surface area contributed by atoms with E-state index in [-0.39, 0.29) is 19.0 Å². The molecule has 5 rings (SSSR count). The van der Waals surface area contributed by atoms with Gasteiger partial charge in [0.05, 0.1) is 18.4 Å². The normalized spacial score (nSPS) is 12.6. The van der Waals surface area contributed by atoms with Crippen LogP contribution in [0.25, 0.3) is 10.8 Å². The van der Waals surface area contributed by atoms with Gasteiger partial charge in [-0.2, -0.15) is 5.10 Å². The highest BCUT2D eigenvalue weighted by Gasteiger charge is 2.28. The van der Waals surface area contributed by atoms with Gasteiger partial charge < -0.3 is 14.8 Å². The Bertz CT molecular complexity index is 1630. The summed E-state index contributed by atoms with van der Waals surface area (Å²) >= 11 is 1.30. The summed E-state index contributed by atoms with van der Waals surface area (Å²) in [5.41, 5.74) is 4.86. The first kappa shape index (κ1) is 28.0. The number of carbonyl (C=O) groups excluding carboxylic acids is 3. The topological polar surface area (TPSA) is 106 Å². The third-order valence-electron chi connectivity index (χ3n) is 6.68. The maximum atomic E-state index is 13.3. The second-order valence-corrected chi connectivity index (χ2v) is 10.5. The Morgan fingerprint density at radius 2 is 1.78 bits per heavy atom. The molecule has 0 bridgehead atoms. The van der Waals surface area contributed by atoms with Crippen molar-refractivity contribution in [2.75, 3.05) is 11.9 Å². The minimum absolute atomic E-state index is 0.196. The van der Waals surface area contributed by atoms with Crippen molar-refractivity contribution in [1.82, 2.24) is 5.43 Å². The van der Waals surface area contributed by atoms with Gasteiger partial charge in [-0.25, -0.2) is 14.6 Å². The molecule has 2 amide bonds. The molecule has 0 unspecified atom stereocenters. The fraction of sp³-hybridized carbons (Fsp3) is 0.226. The van der Waals surface area contributed by atoms with E-state index >= 15 is 0 Å². The molecular formula is C31H28FN3O5S. The predicted molar refractivity (Wildman–Crippen MR) is 156 cm³/mol. The number of halogens is 1. The minimum atomic E-state index is -0.989. The van der Waals surface area contributed by atoms with Crippen molar-refractivity contribution in [2.45, 2.75) is 39.2 Å². The summed E-state index contributed by atoms with van der Waals surface area (Å²) in [7, 11) is 0. The Balaban J connectivity index is 1.32. The molecule has 0 fully saturated rings. The zero-order valence-electron chi connectivity index (χ0n) is 22.4. The van der Waals surface area contributed by atoms with Crippen LogP contribution in [0.4, 0.5) is 9.39 Å². The Morgan fingerprint density at radius 3 is 2.59 bits per heavy atom. The maximum absolute atomic E-state index is 13.3. The summed E-state index contributed by atoms with van der Waals surface area (Å²) in [6.07, 6.45) is 4.91. The zero-order chi connectivity index (χ0) is 28.8. The standard InChI is InChI=1S/C31H28FN3O5S/c1-2-39-31(38)27-23-9-5-6-10-26(23)41-30(27)34-28(36)29(37)35-33-17-24-22-8-4-3-7-20(22)13-16-25(24)40-18-19-11-14-21(32)15-12-19/h3-4,7-8,11-17H,2,5-6,9-10,18H2,1H3,(H,34,36)(H,35,37). The molecule has 4 aromatic rings. The van der Waals surface area contributed by atoms with E-state index in [9.17, 15) is 18.8 Å². The van der Waals surface area contributed by atoms with Gasteiger partial charge in [-0.05, 0) is 72.7 Å². The first-order valence-corrected chi connectivity index (χ1v) is 14.1. The van der Waals surface area contributed by atoms with E-state index in [1.807, 2.05) is 30.3 Å². The van der Waals surface area contributed by atoms with Crippen LogP contribution in [0.2, 0.25) is 0 Å². The number of aryl methyl sites for hydroxylation is 1. The van der Waals surface area contributed by atoms with Crippen LogP contribution < -0.4 is 15.5 Å². The highest BCUT2D eigenvalue weighted by atomic mass is 32.1. The highest BCUT2D eigenvalue weighted by molar-refractivity contribution is 7.17. The van der Waals surface area contributed by atoms with E-state index < -0.39 is 17.8 Å². The Kier molecular flexibility index (Phi) is 8.69. The second kappa shape index (κ2) is 12.7. The molecule has 8 nitrogen and oxygen atoms in total. The van der Waals surface area contributed by atoms with Crippen LogP contribution in [0.5, 0.6) is 5.75 Å². The third-order valence-corrected chi connectivity index (χ3v) is 7.89. The lowest BCUT2D eigenvalue weighted by Gasteiger charge is -2.12. The van der Waals surface area contributed by atoms with Gasteiger partial charge in [0.25, 0.3) is 0 Å². The number of ether oxygens (including phenoxy) is 2. The van der Waals surface area contributed by atoms with Crippen LogP contribution in [0, 0.1) is 5.82 Å². The molecule has 10 heteroatoms. The van der Waals surface area contributed by atoms with Crippen molar-refractivity contribution >= 4 is 51.1 Å². The van der Waals surface area contributed by atoms with Crippen LogP contribution in [-0.2, 0) is 33.8 Å². The molecule has 0 aliphatic heterocycles. The fourth-order valence-electron chi connectivity index (χ4n) is 4.72. The molecule has 0 saturated heterocycles.